The molecule has 14 heavy (non-hydrogen) atoms. The Balaban J connectivity index is 2.70. The first-order chi connectivity index (χ1) is 6.69. The predicted molar refractivity (Wildman–Crippen MR) is 55.1 cm³/mol. The van der Waals surface area contributed by atoms with Crippen LogP contribution in [-0.4, -0.2) is 10.9 Å². The van der Waals surface area contributed by atoms with Crippen molar-refractivity contribution in [3.05, 3.63) is 10.7 Å². The van der Waals surface area contributed by atoms with Crippen molar-refractivity contribution >= 4 is 28.1 Å². The van der Waals surface area contributed by atoms with E-state index in [0.29, 0.717) is 17.1 Å². The van der Waals surface area contributed by atoms with Crippen LogP contribution < -0.4 is 5.32 Å². The van der Waals surface area contributed by atoms with E-state index in [1.807, 2.05) is 6.07 Å². The van der Waals surface area contributed by atoms with Crippen molar-refractivity contribution in [3.63, 3.8) is 0 Å². The zero-order chi connectivity index (χ0) is 10.6. The van der Waals surface area contributed by atoms with Gasteiger partial charge in [-0.15, -0.1) is 0 Å². The predicted octanol–water partition coefficient (Wildman–Crippen LogP) is 2.24. The Kier molecular flexibility index (Phi) is 3.70. The minimum absolute atomic E-state index is 0.109. The average Bonchev–Trinajstić information content (AvgIpc) is 2.55. The van der Waals surface area contributed by atoms with Gasteiger partial charge in [0.2, 0.25) is 0 Å². The maximum absolute atomic E-state index is 8.74. The van der Waals surface area contributed by atoms with Crippen LogP contribution in [0.3, 0.4) is 0 Å². The molecule has 1 heterocycles. The summed E-state index contributed by atoms with van der Waals surface area (Å²) in [5.41, 5.74) is 0.349. The van der Waals surface area contributed by atoms with Crippen LogP contribution in [0.25, 0.3) is 0 Å². The molecule has 0 fully saturated rings. The molecular formula is C8H7ClN4S. The number of nitrogens with one attached hydrogen (secondary N) is 1. The number of hydrogen-bond donors (Lipinski definition) is 1. The molecule has 0 spiro atoms. The Hall–Kier alpha value is -1.30. The average molecular weight is 227 g/mol. The van der Waals surface area contributed by atoms with E-state index in [0.717, 1.165) is 11.5 Å². The molecule has 1 rings (SSSR count). The van der Waals surface area contributed by atoms with E-state index in [2.05, 4.69) is 15.8 Å². The molecule has 1 aromatic heterocycles. The van der Waals surface area contributed by atoms with E-state index in [9.17, 15) is 0 Å². The number of nitriles is 2. The summed E-state index contributed by atoms with van der Waals surface area (Å²) in [6, 6.07) is 4.04. The first-order valence-electron chi connectivity index (χ1n) is 3.87. The van der Waals surface area contributed by atoms with Crippen molar-refractivity contribution in [1.29, 1.82) is 10.5 Å². The van der Waals surface area contributed by atoms with Gasteiger partial charge in [0, 0.05) is 6.54 Å². The summed E-state index contributed by atoms with van der Waals surface area (Å²) in [6.07, 6.45) is 0. The summed E-state index contributed by atoms with van der Waals surface area (Å²) in [6.45, 7) is 2.28. The van der Waals surface area contributed by atoms with Crippen molar-refractivity contribution in [2.24, 2.45) is 5.92 Å². The fraction of sp³-hybridized carbons (Fsp3) is 0.375. The summed E-state index contributed by atoms with van der Waals surface area (Å²) < 4.78 is 3.83. The van der Waals surface area contributed by atoms with Gasteiger partial charge in [0.05, 0.1) is 12.0 Å². The van der Waals surface area contributed by atoms with Crippen molar-refractivity contribution < 1.29 is 0 Å². The van der Waals surface area contributed by atoms with Crippen LogP contribution in [-0.2, 0) is 0 Å². The first kappa shape index (κ1) is 10.8. The minimum atomic E-state index is -0.109. The highest BCUT2D eigenvalue weighted by molar-refractivity contribution is 7.10. The number of hydrogen-bond acceptors (Lipinski definition) is 5. The zero-order valence-electron chi connectivity index (χ0n) is 7.41. The molecule has 0 aliphatic carbocycles. The summed E-state index contributed by atoms with van der Waals surface area (Å²) >= 11 is 6.79. The van der Waals surface area contributed by atoms with Crippen LogP contribution in [0.4, 0.5) is 5.00 Å². The summed E-state index contributed by atoms with van der Waals surface area (Å²) in [5.74, 6) is -0.109. The van der Waals surface area contributed by atoms with E-state index >= 15 is 0 Å². The van der Waals surface area contributed by atoms with E-state index in [1.54, 1.807) is 6.92 Å². The van der Waals surface area contributed by atoms with Crippen LogP contribution in [0.5, 0.6) is 0 Å². The molecule has 1 atom stereocenters. The molecule has 1 aromatic rings. The molecule has 0 saturated heterocycles. The second-order valence-electron chi connectivity index (χ2n) is 2.70. The van der Waals surface area contributed by atoms with Crippen molar-refractivity contribution in [3.8, 4) is 12.1 Å². The first-order valence-corrected chi connectivity index (χ1v) is 5.03. The Morgan fingerprint density at radius 2 is 2.36 bits per heavy atom. The summed E-state index contributed by atoms with van der Waals surface area (Å²) in [7, 11) is 0. The zero-order valence-corrected chi connectivity index (χ0v) is 8.98. The smallest absolute Gasteiger partial charge is 0.162 e. The van der Waals surface area contributed by atoms with Crippen LogP contribution in [0, 0.1) is 28.6 Å². The van der Waals surface area contributed by atoms with Gasteiger partial charge in [-0.2, -0.15) is 14.9 Å². The Morgan fingerprint density at radius 3 is 2.93 bits per heavy atom. The second kappa shape index (κ2) is 4.80. The normalized spacial score (nSPS) is 11.4. The lowest BCUT2D eigenvalue weighted by Crippen LogP contribution is -2.08. The van der Waals surface area contributed by atoms with Gasteiger partial charge in [0.15, 0.2) is 5.15 Å². The van der Waals surface area contributed by atoms with Gasteiger partial charge in [0.1, 0.15) is 16.6 Å². The largest absolute Gasteiger partial charge is 0.373 e. The Morgan fingerprint density at radius 1 is 1.64 bits per heavy atom. The molecule has 0 saturated carbocycles. The molecule has 4 nitrogen and oxygen atoms in total. The van der Waals surface area contributed by atoms with Gasteiger partial charge in [-0.05, 0) is 18.5 Å². The van der Waals surface area contributed by atoms with Crippen LogP contribution in [0.15, 0.2) is 0 Å². The maximum atomic E-state index is 8.74. The standard InChI is InChI=1S/C8H7ClN4S/c1-5(2-10)4-12-8-6(3-11)7(9)13-14-8/h5,12H,4H2,1H3. The third-order valence-electron chi connectivity index (χ3n) is 1.55. The van der Waals surface area contributed by atoms with Gasteiger partial charge in [-0.1, -0.05) is 11.6 Å². The van der Waals surface area contributed by atoms with Crippen molar-refractivity contribution in [2.45, 2.75) is 6.92 Å². The molecule has 0 aromatic carbocycles. The number of aromatic nitrogens is 1. The van der Waals surface area contributed by atoms with E-state index < -0.39 is 0 Å². The van der Waals surface area contributed by atoms with E-state index in [-0.39, 0.29) is 11.1 Å². The molecule has 0 amide bonds. The van der Waals surface area contributed by atoms with E-state index in [4.69, 9.17) is 22.1 Å². The second-order valence-corrected chi connectivity index (χ2v) is 3.83. The SMILES string of the molecule is CC(C#N)CNc1snc(Cl)c1C#N. The van der Waals surface area contributed by atoms with Gasteiger partial charge in [-0.3, -0.25) is 0 Å². The molecule has 0 aliphatic rings. The molecule has 0 bridgehead atoms. The molecular weight excluding hydrogens is 220 g/mol. The summed E-state index contributed by atoms with van der Waals surface area (Å²) in [5, 5.41) is 21.1. The van der Waals surface area contributed by atoms with Crippen LogP contribution in [0.2, 0.25) is 5.15 Å². The fourth-order valence-electron chi connectivity index (χ4n) is 0.780. The maximum Gasteiger partial charge on any atom is 0.162 e. The molecule has 1 N–H and O–H groups in total. The fourth-order valence-corrected chi connectivity index (χ4v) is 1.72. The lowest BCUT2D eigenvalue weighted by Gasteiger charge is -2.03. The van der Waals surface area contributed by atoms with Gasteiger partial charge in [0.25, 0.3) is 0 Å². The molecule has 6 heteroatoms. The third kappa shape index (κ3) is 2.35. The topological polar surface area (TPSA) is 72.5 Å². The number of rotatable bonds is 3. The van der Waals surface area contributed by atoms with Crippen LogP contribution in [0.1, 0.15) is 12.5 Å². The summed E-state index contributed by atoms with van der Waals surface area (Å²) in [4.78, 5) is 0. The highest BCUT2D eigenvalue weighted by atomic mass is 35.5. The Labute approximate surface area is 90.9 Å². The molecule has 0 aliphatic heterocycles. The lowest BCUT2D eigenvalue weighted by atomic mass is 10.2. The van der Waals surface area contributed by atoms with Crippen LogP contribution >= 0.6 is 23.1 Å². The van der Waals surface area contributed by atoms with Gasteiger partial charge < -0.3 is 5.32 Å². The third-order valence-corrected chi connectivity index (χ3v) is 2.73. The Bertz CT molecular complexity index is 400. The van der Waals surface area contributed by atoms with Gasteiger partial charge in [-0.25, -0.2) is 0 Å². The van der Waals surface area contributed by atoms with Gasteiger partial charge >= 0.3 is 0 Å². The number of anilines is 1. The highest BCUT2D eigenvalue weighted by Gasteiger charge is 2.11. The lowest BCUT2D eigenvalue weighted by molar-refractivity contribution is 0.788. The molecule has 0 radical (unpaired) electrons. The van der Waals surface area contributed by atoms with Crippen molar-refractivity contribution in [1.82, 2.24) is 4.37 Å². The quantitative estimate of drug-likeness (QED) is 0.858. The minimum Gasteiger partial charge on any atom is -0.373 e. The number of halogens is 1. The monoisotopic (exact) mass is 226 g/mol. The molecule has 72 valence electrons. The van der Waals surface area contributed by atoms with E-state index in [1.165, 1.54) is 0 Å². The molecule has 1 unspecified atom stereocenters. The van der Waals surface area contributed by atoms with Crippen molar-refractivity contribution in [2.75, 3.05) is 11.9 Å². The highest BCUT2D eigenvalue weighted by Crippen LogP contribution is 2.27. The number of nitrogens with zero attached hydrogens (tertiary/aromatic N) is 3.